The molecule has 0 unspecified atom stereocenters. The molecule has 1 atom stereocenters. The van der Waals surface area contributed by atoms with Gasteiger partial charge >= 0.3 is 5.97 Å². The zero-order chi connectivity index (χ0) is 12.2. The third-order valence-electron chi connectivity index (χ3n) is 2.15. The normalized spacial score (nSPS) is 13.5. The van der Waals surface area contributed by atoms with Crippen LogP contribution in [0.3, 0.4) is 0 Å². The van der Waals surface area contributed by atoms with E-state index >= 15 is 0 Å². The number of ether oxygens (including phenoxy) is 1. The van der Waals surface area contributed by atoms with Gasteiger partial charge in [0.1, 0.15) is 5.54 Å². The van der Waals surface area contributed by atoms with Crippen LogP contribution in [0.5, 0.6) is 0 Å². The lowest BCUT2D eigenvalue weighted by Gasteiger charge is -2.26. The maximum Gasteiger partial charge on any atom is 0.330 e. The van der Waals surface area contributed by atoms with Crippen molar-refractivity contribution in [2.24, 2.45) is 11.7 Å². The first-order valence-electron chi connectivity index (χ1n) is 4.88. The molecule has 0 rings (SSSR count). The number of esters is 1. The van der Waals surface area contributed by atoms with Gasteiger partial charge in [-0.25, -0.2) is 4.79 Å². The summed E-state index contributed by atoms with van der Waals surface area (Å²) in [6.45, 7) is 6.83. The highest BCUT2D eigenvalue weighted by molar-refractivity contribution is 5.89. The van der Waals surface area contributed by atoms with E-state index in [9.17, 15) is 9.59 Å². The first kappa shape index (κ1) is 13.9. The van der Waals surface area contributed by atoms with Gasteiger partial charge in [-0.2, -0.15) is 0 Å². The molecule has 5 heteroatoms. The highest BCUT2D eigenvalue weighted by Gasteiger charge is 2.32. The molecule has 3 N–H and O–H groups in total. The van der Waals surface area contributed by atoms with Gasteiger partial charge in [0.25, 0.3) is 0 Å². The van der Waals surface area contributed by atoms with E-state index in [1.807, 2.05) is 13.8 Å². The van der Waals surface area contributed by atoms with Crippen molar-refractivity contribution in [3.8, 4) is 0 Å². The summed E-state index contributed by atoms with van der Waals surface area (Å²) in [6.07, 6.45) is 0. The zero-order valence-electron chi connectivity index (χ0n) is 9.96. The smallest absolute Gasteiger partial charge is 0.330 e. The minimum absolute atomic E-state index is 0.0263. The van der Waals surface area contributed by atoms with E-state index < -0.39 is 17.6 Å². The second kappa shape index (κ2) is 5.11. The van der Waals surface area contributed by atoms with Gasteiger partial charge in [-0.1, -0.05) is 13.8 Å². The van der Waals surface area contributed by atoms with Gasteiger partial charge in [-0.15, -0.1) is 0 Å². The second-order valence-electron chi connectivity index (χ2n) is 4.38. The molecular formula is C10H20N2O3. The Balaban J connectivity index is 4.47. The van der Waals surface area contributed by atoms with Crippen molar-refractivity contribution in [2.75, 3.05) is 7.11 Å². The van der Waals surface area contributed by atoms with E-state index in [1.54, 1.807) is 13.8 Å². The van der Waals surface area contributed by atoms with Crippen LogP contribution in [-0.2, 0) is 14.3 Å². The van der Waals surface area contributed by atoms with Crippen LogP contribution in [0.1, 0.15) is 27.7 Å². The number of hydrogen-bond donors (Lipinski definition) is 2. The van der Waals surface area contributed by atoms with Gasteiger partial charge in [0, 0.05) is 0 Å². The first-order chi connectivity index (χ1) is 6.72. The summed E-state index contributed by atoms with van der Waals surface area (Å²) >= 11 is 0. The number of methoxy groups -OCH3 is 1. The number of rotatable bonds is 4. The molecule has 0 heterocycles. The Bertz CT molecular complexity index is 249. The average Bonchev–Trinajstić information content (AvgIpc) is 2.14. The molecular weight excluding hydrogens is 196 g/mol. The average molecular weight is 216 g/mol. The third-order valence-corrected chi connectivity index (χ3v) is 2.15. The molecule has 0 spiro atoms. The molecule has 88 valence electrons. The fraction of sp³-hybridized carbons (Fsp3) is 0.800. The quantitative estimate of drug-likeness (QED) is 0.650. The van der Waals surface area contributed by atoms with Crippen LogP contribution in [0.15, 0.2) is 0 Å². The Morgan fingerprint density at radius 1 is 1.33 bits per heavy atom. The molecule has 0 fully saturated rings. The van der Waals surface area contributed by atoms with Crippen LogP contribution in [0, 0.1) is 5.92 Å². The second-order valence-corrected chi connectivity index (χ2v) is 4.38. The summed E-state index contributed by atoms with van der Waals surface area (Å²) in [5.74, 6) is -0.814. The number of hydrogen-bond acceptors (Lipinski definition) is 4. The summed E-state index contributed by atoms with van der Waals surface area (Å²) in [5.41, 5.74) is 4.60. The number of carbonyl (C=O) groups excluding carboxylic acids is 2. The third kappa shape index (κ3) is 3.87. The van der Waals surface area contributed by atoms with Crippen LogP contribution in [-0.4, -0.2) is 30.6 Å². The van der Waals surface area contributed by atoms with E-state index in [0.29, 0.717) is 0 Å². The van der Waals surface area contributed by atoms with E-state index in [-0.39, 0.29) is 11.8 Å². The van der Waals surface area contributed by atoms with Gasteiger partial charge in [0.05, 0.1) is 13.2 Å². The minimum Gasteiger partial charge on any atom is -0.467 e. The van der Waals surface area contributed by atoms with Crippen molar-refractivity contribution in [2.45, 2.75) is 39.3 Å². The molecule has 0 saturated heterocycles. The summed E-state index contributed by atoms with van der Waals surface area (Å²) < 4.78 is 4.56. The molecule has 5 nitrogen and oxygen atoms in total. The standard InChI is InChI=1S/C10H20N2O3/c1-6(2)7(11)8(13)12-10(3,4)9(14)15-5/h6-7H,11H2,1-5H3,(H,12,13)/t7-/m1/s1. The van der Waals surface area contributed by atoms with Crippen LogP contribution in [0.2, 0.25) is 0 Å². The molecule has 15 heavy (non-hydrogen) atoms. The Morgan fingerprint density at radius 2 is 1.80 bits per heavy atom. The predicted molar refractivity (Wildman–Crippen MR) is 57.1 cm³/mol. The molecule has 0 aliphatic carbocycles. The summed E-state index contributed by atoms with van der Waals surface area (Å²) in [7, 11) is 1.28. The number of carbonyl (C=O) groups is 2. The summed E-state index contributed by atoms with van der Waals surface area (Å²) in [5, 5.41) is 2.55. The van der Waals surface area contributed by atoms with Gasteiger partial charge in [0.15, 0.2) is 0 Å². The van der Waals surface area contributed by atoms with Gasteiger partial charge in [0.2, 0.25) is 5.91 Å². The molecule has 0 bridgehead atoms. The van der Waals surface area contributed by atoms with Crippen LogP contribution in [0.25, 0.3) is 0 Å². The number of nitrogens with two attached hydrogens (primary N) is 1. The molecule has 0 aliphatic heterocycles. The number of amides is 1. The Hall–Kier alpha value is -1.10. The van der Waals surface area contributed by atoms with Crippen molar-refractivity contribution < 1.29 is 14.3 Å². The molecule has 1 amide bonds. The minimum atomic E-state index is -1.04. The zero-order valence-corrected chi connectivity index (χ0v) is 9.96. The van der Waals surface area contributed by atoms with Crippen LogP contribution < -0.4 is 11.1 Å². The van der Waals surface area contributed by atoms with Crippen molar-refractivity contribution in [3.05, 3.63) is 0 Å². The van der Waals surface area contributed by atoms with Gasteiger partial charge in [-0.05, 0) is 19.8 Å². The lowest BCUT2D eigenvalue weighted by molar-refractivity contribution is -0.149. The molecule has 0 saturated carbocycles. The maximum atomic E-state index is 11.6. The van der Waals surface area contributed by atoms with E-state index in [2.05, 4.69) is 10.1 Å². The molecule has 0 aromatic heterocycles. The highest BCUT2D eigenvalue weighted by Crippen LogP contribution is 2.06. The lowest BCUT2D eigenvalue weighted by Crippen LogP contribution is -2.56. The summed E-state index contributed by atoms with van der Waals surface area (Å²) in [6, 6.07) is -0.617. The maximum absolute atomic E-state index is 11.6. The van der Waals surface area contributed by atoms with Crippen LogP contribution >= 0.6 is 0 Å². The van der Waals surface area contributed by atoms with E-state index in [4.69, 9.17) is 5.73 Å². The number of nitrogens with one attached hydrogen (secondary N) is 1. The van der Waals surface area contributed by atoms with E-state index in [1.165, 1.54) is 7.11 Å². The molecule has 0 aromatic rings. The fourth-order valence-corrected chi connectivity index (χ4v) is 1.00. The van der Waals surface area contributed by atoms with Crippen molar-refractivity contribution in [1.29, 1.82) is 0 Å². The summed E-state index contributed by atoms with van der Waals surface area (Å²) in [4.78, 5) is 22.9. The first-order valence-corrected chi connectivity index (χ1v) is 4.88. The monoisotopic (exact) mass is 216 g/mol. The largest absolute Gasteiger partial charge is 0.467 e. The van der Waals surface area contributed by atoms with Crippen molar-refractivity contribution >= 4 is 11.9 Å². The highest BCUT2D eigenvalue weighted by atomic mass is 16.5. The molecule has 0 aromatic carbocycles. The fourth-order valence-electron chi connectivity index (χ4n) is 1.00. The van der Waals surface area contributed by atoms with Gasteiger partial charge in [-0.3, -0.25) is 4.79 Å². The van der Waals surface area contributed by atoms with Crippen LogP contribution in [0.4, 0.5) is 0 Å². The topological polar surface area (TPSA) is 81.4 Å². The predicted octanol–water partition coefficient (Wildman–Crippen LogP) is 0.0375. The Labute approximate surface area is 90.4 Å². The van der Waals surface area contributed by atoms with Crippen molar-refractivity contribution in [3.63, 3.8) is 0 Å². The van der Waals surface area contributed by atoms with Gasteiger partial charge < -0.3 is 15.8 Å². The molecule has 0 aliphatic rings. The SMILES string of the molecule is COC(=O)C(C)(C)NC(=O)[C@H](N)C(C)C. The molecule has 0 radical (unpaired) electrons. The Kier molecular flexibility index (Phi) is 4.74. The van der Waals surface area contributed by atoms with E-state index in [0.717, 1.165) is 0 Å². The lowest BCUT2D eigenvalue weighted by atomic mass is 10.0. The van der Waals surface area contributed by atoms with Crippen molar-refractivity contribution in [1.82, 2.24) is 5.32 Å². The Morgan fingerprint density at radius 3 is 2.13 bits per heavy atom.